The molecule has 0 aromatic rings. The molecule has 0 heterocycles. The van der Waals surface area contributed by atoms with Crippen LogP contribution < -0.4 is 0 Å². The number of hydrogen-bond donors (Lipinski definition) is 2. The molecular formula is C10H26F2N2O2+2. The molecule has 0 saturated carbocycles. The minimum atomic E-state index is -0.416. The van der Waals surface area contributed by atoms with Crippen molar-refractivity contribution in [1.29, 1.82) is 0 Å². The summed E-state index contributed by atoms with van der Waals surface area (Å²) in [4.78, 5) is 0. The number of quaternary nitrogens is 2. The van der Waals surface area contributed by atoms with Gasteiger partial charge in [-0.15, -0.1) is 0 Å². The number of alkyl halides is 2. The van der Waals surface area contributed by atoms with Crippen LogP contribution >= 0.6 is 0 Å². The minimum Gasteiger partial charge on any atom is -0.391 e. The summed E-state index contributed by atoms with van der Waals surface area (Å²) < 4.78 is 24.1. The number of likely N-dealkylation sites (N-methyl/N-ethyl adjacent to an activating group) is 2. The first-order valence-corrected chi connectivity index (χ1v) is 5.22. The smallest absolute Gasteiger partial charge is 0.221 e. The zero-order valence-electron chi connectivity index (χ0n) is 10.8. The highest BCUT2D eigenvalue weighted by Crippen LogP contribution is 1.94. The van der Waals surface area contributed by atoms with Crippen LogP contribution in [0.15, 0.2) is 0 Å². The molecule has 0 saturated heterocycles. The highest BCUT2D eigenvalue weighted by atomic mass is 18.2. The van der Waals surface area contributed by atoms with Gasteiger partial charge in [0.25, 0.3) is 0 Å². The fourth-order valence-electron chi connectivity index (χ4n) is 0.661. The highest BCUT2D eigenvalue weighted by Gasteiger charge is 2.11. The van der Waals surface area contributed by atoms with E-state index in [1.54, 1.807) is 28.2 Å². The van der Waals surface area contributed by atoms with Gasteiger partial charge in [0.1, 0.15) is 13.1 Å². The lowest BCUT2D eigenvalue weighted by Crippen LogP contribution is -2.40. The zero-order valence-corrected chi connectivity index (χ0v) is 10.8. The highest BCUT2D eigenvalue weighted by molar-refractivity contribution is 4.22. The number of aliphatic hydroxyl groups is 2. The molecule has 0 aromatic carbocycles. The van der Waals surface area contributed by atoms with Gasteiger partial charge in [0, 0.05) is 0 Å². The summed E-state index contributed by atoms with van der Waals surface area (Å²) in [5, 5.41) is 16.7. The van der Waals surface area contributed by atoms with Crippen LogP contribution in [0.25, 0.3) is 0 Å². The standard InChI is InChI=1S/2C5H13FNO/c2*1-7(2,5-6)3-4-8/h2*8H,3-5H2,1-2H3/q2*+1/i2*6-1. The average Bonchev–Trinajstić information content (AvgIpc) is 2.19. The van der Waals surface area contributed by atoms with E-state index < -0.39 is 13.6 Å². The molecular weight excluding hydrogens is 216 g/mol. The molecule has 100 valence electrons. The van der Waals surface area contributed by atoms with Crippen molar-refractivity contribution in [2.24, 2.45) is 0 Å². The Kier molecular flexibility index (Phi) is 9.95. The molecule has 2 N–H and O–H groups in total. The lowest BCUT2D eigenvalue weighted by molar-refractivity contribution is -0.903. The van der Waals surface area contributed by atoms with Crippen LogP contribution in [-0.4, -0.2) is 87.3 Å². The van der Waals surface area contributed by atoms with Crippen LogP contribution in [0.3, 0.4) is 0 Å². The van der Waals surface area contributed by atoms with Crippen molar-refractivity contribution in [2.75, 3.05) is 68.1 Å². The predicted molar refractivity (Wildman–Crippen MR) is 60.1 cm³/mol. The lowest BCUT2D eigenvalue weighted by Gasteiger charge is -2.24. The number of hydrogen-bond acceptors (Lipinski definition) is 2. The molecule has 0 spiro atoms. The van der Waals surface area contributed by atoms with E-state index in [1.807, 2.05) is 0 Å². The van der Waals surface area contributed by atoms with Gasteiger partial charge in [-0.3, -0.25) is 0 Å². The van der Waals surface area contributed by atoms with Crippen LogP contribution in [0.1, 0.15) is 0 Å². The molecule has 0 bridgehead atoms. The van der Waals surface area contributed by atoms with Crippen molar-refractivity contribution in [3.05, 3.63) is 0 Å². The van der Waals surface area contributed by atoms with Crippen LogP contribution in [0.5, 0.6) is 0 Å². The summed E-state index contributed by atoms with van der Waals surface area (Å²) in [5.74, 6) is 0. The maximum absolute atomic E-state index is 11.8. The van der Waals surface area contributed by atoms with Crippen molar-refractivity contribution >= 4 is 0 Å². The SMILES string of the molecule is C[N+](C)(C[18F])CCO.C[N+](C)(C[18F])CCO. The van der Waals surface area contributed by atoms with E-state index in [2.05, 4.69) is 0 Å². The third kappa shape index (κ3) is 11.8. The van der Waals surface area contributed by atoms with Gasteiger partial charge >= 0.3 is 0 Å². The van der Waals surface area contributed by atoms with Gasteiger partial charge in [0.2, 0.25) is 13.6 Å². The van der Waals surface area contributed by atoms with Crippen LogP contribution in [-0.2, 0) is 0 Å². The third-order valence-corrected chi connectivity index (χ3v) is 2.06. The van der Waals surface area contributed by atoms with Crippen LogP contribution in [0.4, 0.5) is 8.78 Å². The van der Waals surface area contributed by atoms with Gasteiger partial charge in [-0.25, -0.2) is 0 Å². The first-order valence-electron chi connectivity index (χ1n) is 5.22. The normalized spacial score (nSPS) is 12.0. The Bertz CT molecular complexity index is 149. The molecule has 0 aliphatic carbocycles. The lowest BCUT2D eigenvalue weighted by atomic mass is 10.5. The molecule has 6 heteroatoms. The van der Waals surface area contributed by atoms with Crippen molar-refractivity contribution in [2.45, 2.75) is 0 Å². The minimum absolute atomic E-state index is 0.0525. The molecule has 0 fully saturated rings. The summed E-state index contributed by atoms with van der Waals surface area (Å²) in [6.07, 6.45) is 0. The first kappa shape index (κ1) is 18.1. The maximum Gasteiger partial charge on any atom is 0.221 e. The van der Waals surface area contributed by atoms with E-state index in [4.69, 9.17) is 10.2 Å². The van der Waals surface area contributed by atoms with Crippen molar-refractivity contribution in [3.8, 4) is 0 Å². The van der Waals surface area contributed by atoms with Gasteiger partial charge in [-0.05, 0) is 0 Å². The van der Waals surface area contributed by atoms with Gasteiger partial charge in [-0.1, -0.05) is 0 Å². The van der Waals surface area contributed by atoms with Gasteiger partial charge < -0.3 is 19.2 Å². The third-order valence-electron chi connectivity index (χ3n) is 2.06. The Labute approximate surface area is 96.9 Å². The summed E-state index contributed by atoms with van der Waals surface area (Å²) in [6, 6.07) is 0. The molecule has 0 aliphatic heterocycles. The summed E-state index contributed by atoms with van der Waals surface area (Å²) in [7, 11) is 6.93. The van der Waals surface area contributed by atoms with Gasteiger partial charge in [-0.2, -0.15) is 8.78 Å². The quantitative estimate of drug-likeness (QED) is 0.507. The Morgan fingerprint density at radius 2 is 1.00 bits per heavy atom. The van der Waals surface area contributed by atoms with E-state index >= 15 is 0 Å². The number of halogens is 2. The van der Waals surface area contributed by atoms with E-state index in [9.17, 15) is 8.78 Å². The Balaban J connectivity index is 0. The molecule has 0 atom stereocenters. The summed E-state index contributed by atoms with van der Waals surface area (Å²) in [6.45, 7) is 0.238. The second kappa shape index (κ2) is 8.81. The molecule has 0 amide bonds. The Morgan fingerprint density at radius 3 is 1.06 bits per heavy atom. The fraction of sp³-hybridized carbons (Fsp3) is 1.00. The molecule has 16 heavy (non-hydrogen) atoms. The summed E-state index contributed by atoms with van der Waals surface area (Å²) in [5.41, 5.74) is 0. The number of rotatable bonds is 6. The van der Waals surface area contributed by atoms with Crippen molar-refractivity contribution in [3.63, 3.8) is 0 Å². The van der Waals surface area contributed by atoms with Crippen LogP contribution in [0, 0.1) is 0 Å². The second-order valence-electron chi connectivity index (χ2n) is 5.00. The maximum atomic E-state index is 11.8. The van der Waals surface area contributed by atoms with Gasteiger partial charge in [0.15, 0.2) is 0 Å². The largest absolute Gasteiger partial charge is 0.391 e. The molecule has 0 unspecified atom stereocenters. The molecule has 0 aromatic heterocycles. The van der Waals surface area contributed by atoms with E-state index in [0.29, 0.717) is 13.1 Å². The first-order chi connectivity index (χ1) is 7.24. The van der Waals surface area contributed by atoms with Crippen molar-refractivity contribution < 1.29 is 28.0 Å². The molecule has 4 nitrogen and oxygen atoms in total. The van der Waals surface area contributed by atoms with Gasteiger partial charge in [0.05, 0.1) is 41.4 Å². The Morgan fingerprint density at radius 1 is 0.750 bits per heavy atom. The fourth-order valence-corrected chi connectivity index (χ4v) is 0.661. The monoisotopic (exact) mass is 242 g/mol. The average molecular weight is 242 g/mol. The number of aliphatic hydroxyl groups excluding tert-OH is 2. The van der Waals surface area contributed by atoms with E-state index in [1.165, 1.54) is 0 Å². The van der Waals surface area contributed by atoms with E-state index in [-0.39, 0.29) is 22.2 Å². The summed E-state index contributed by atoms with van der Waals surface area (Å²) >= 11 is 0. The topological polar surface area (TPSA) is 40.5 Å². The molecule has 0 radical (unpaired) electrons. The Hall–Kier alpha value is -0.300. The zero-order chi connectivity index (χ0) is 13.2. The molecule has 0 rings (SSSR count). The molecule has 0 aliphatic rings. The number of nitrogens with zero attached hydrogens (tertiary/aromatic N) is 2. The van der Waals surface area contributed by atoms with Crippen LogP contribution in [0.2, 0.25) is 0 Å². The van der Waals surface area contributed by atoms with Crippen molar-refractivity contribution in [1.82, 2.24) is 0 Å². The second-order valence-corrected chi connectivity index (χ2v) is 5.00. The predicted octanol–water partition coefficient (Wildman–Crippen LogP) is -0.0358. The van der Waals surface area contributed by atoms with E-state index in [0.717, 1.165) is 0 Å².